The third-order valence-corrected chi connectivity index (χ3v) is 2.89. The monoisotopic (exact) mass is 290 g/mol. The molecule has 4 heteroatoms. The van der Waals surface area contributed by atoms with E-state index in [-0.39, 0.29) is 18.7 Å². The molecule has 0 saturated heterocycles. The van der Waals surface area contributed by atoms with Gasteiger partial charge in [-0.1, -0.05) is 43.0 Å². The molecule has 0 bridgehead atoms. The molecule has 0 aliphatic carbocycles. The fourth-order valence-electron chi connectivity index (χ4n) is 1.79. The van der Waals surface area contributed by atoms with Crippen LogP contribution in [0, 0.1) is 0 Å². The lowest BCUT2D eigenvalue weighted by Gasteiger charge is -2.23. The first-order chi connectivity index (χ1) is 10.2. The lowest BCUT2D eigenvalue weighted by Crippen LogP contribution is -2.40. The molecule has 0 spiro atoms. The van der Waals surface area contributed by atoms with E-state index >= 15 is 0 Å². The molecular formula is C17H26N2O2. The first-order valence-electron chi connectivity index (χ1n) is 7.02. The highest BCUT2D eigenvalue weighted by Gasteiger charge is 2.14. The first-order valence-corrected chi connectivity index (χ1v) is 7.02. The van der Waals surface area contributed by atoms with Crippen molar-refractivity contribution in [2.45, 2.75) is 31.8 Å². The van der Waals surface area contributed by atoms with Crippen molar-refractivity contribution < 1.29 is 9.90 Å². The van der Waals surface area contributed by atoms with Gasteiger partial charge in [0.05, 0.1) is 12.6 Å². The van der Waals surface area contributed by atoms with Gasteiger partial charge in [0, 0.05) is 12.2 Å². The van der Waals surface area contributed by atoms with Gasteiger partial charge < -0.3 is 15.7 Å². The summed E-state index contributed by atoms with van der Waals surface area (Å²) < 4.78 is 0. The van der Waals surface area contributed by atoms with Gasteiger partial charge in [-0.2, -0.15) is 0 Å². The Balaban J connectivity index is 4.91. The van der Waals surface area contributed by atoms with Crippen LogP contribution < -0.4 is 10.6 Å². The van der Waals surface area contributed by atoms with E-state index in [1.54, 1.807) is 12.3 Å². The second kappa shape index (κ2) is 13.1. The largest absolute Gasteiger partial charge is 0.394 e. The third-order valence-electron chi connectivity index (χ3n) is 2.89. The minimum Gasteiger partial charge on any atom is -0.394 e. The Morgan fingerprint density at radius 3 is 2.67 bits per heavy atom. The number of carbonyl (C=O) groups is 1. The van der Waals surface area contributed by atoms with Crippen LogP contribution >= 0.6 is 0 Å². The van der Waals surface area contributed by atoms with Gasteiger partial charge in [-0.25, -0.2) is 0 Å². The summed E-state index contributed by atoms with van der Waals surface area (Å²) in [5.74, 6) is 0. The van der Waals surface area contributed by atoms with Crippen LogP contribution in [-0.2, 0) is 4.79 Å². The zero-order valence-corrected chi connectivity index (χ0v) is 12.7. The Labute approximate surface area is 127 Å². The van der Waals surface area contributed by atoms with Crippen molar-refractivity contribution in [3.8, 4) is 0 Å². The molecule has 0 aromatic heterocycles. The van der Waals surface area contributed by atoms with Crippen molar-refractivity contribution in [1.82, 2.24) is 10.6 Å². The molecule has 4 nitrogen and oxygen atoms in total. The number of aliphatic hydroxyl groups is 1. The molecule has 2 atom stereocenters. The maximum atomic E-state index is 10.3. The number of rotatable bonds is 12. The Bertz CT molecular complexity index is 398. The topological polar surface area (TPSA) is 61.4 Å². The number of carbonyl (C=O) groups excluding carboxylic acids is 1. The minimum atomic E-state index is -0.214. The summed E-state index contributed by atoms with van der Waals surface area (Å²) in [6, 6.07) is -0.198. The van der Waals surface area contributed by atoms with Crippen LogP contribution in [0.1, 0.15) is 19.8 Å². The van der Waals surface area contributed by atoms with Crippen LogP contribution in [0.15, 0.2) is 61.4 Å². The average Bonchev–Trinajstić information content (AvgIpc) is 2.51. The highest BCUT2D eigenvalue weighted by molar-refractivity contribution is 5.47. The summed E-state index contributed by atoms with van der Waals surface area (Å²) in [6.07, 6.45) is 15.0. The fourth-order valence-corrected chi connectivity index (χ4v) is 1.79. The number of nitrogens with one attached hydrogen (secondary N) is 2. The number of hydrogen-bond acceptors (Lipinski definition) is 3. The van der Waals surface area contributed by atoms with E-state index in [0.717, 1.165) is 18.4 Å². The molecule has 2 unspecified atom stereocenters. The Morgan fingerprint density at radius 1 is 1.38 bits per heavy atom. The second-order valence-electron chi connectivity index (χ2n) is 4.41. The van der Waals surface area contributed by atoms with Gasteiger partial charge in [-0.15, -0.1) is 6.58 Å². The van der Waals surface area contributed by atoms with Crippen LogP contribution in [-0.4, -0.2) is 30.2 Å². The molecule has 0 fully saturated rings. The van der Waals surface area contributed by atoms with Gasteiger partial charge in [0.25, 0.3) is 0 Å². The molecular weight excluding hydrogens is 264 g/mol. The van der Waals surface area contributed by atoms with E-state index in [4.69, 9.17) is 0 Å². The van der Waals surface area contributed by atoms with Gasteiger partial charge in [-0.05, 0) is 25.3 Å². The summed E-state index contributed by atoms with van der Waals surface area (Å²) in [4.78, 5) is 10.3. The maximum absolute atomic E-state index is 10.3. The number of allylic oxidation sites excluding steroid dienone is 4. The summed E-state index contributed by atoms with van der Waals surface area (Å²) in [6.45, 7) is 9.39. The minimum absolute atomic E-state index is 0.0153. The Morgan fingerprint density at radius 2 is 2.14 bits per heavy atom. The molecule has 1 amide bonds. The number of aliphatic hydroxyl groups excluding tert-OH is 1. The van der Waals surface area contributed by atoms with Crippen LogP contribution in [0.3, 0.4) is 0 Å². The maximum Gasteiger partial charge on any atom is 0.211 e. The van der Waals surface area contributed by atoms with E-state index in [1.807, 2.05) is 37.3 Å². The predicted octanol–water partition coefficient (Wildman–Crippen LogP) is 2.22. The van der Waals surface area contributed by atoms with E-state index in [9.17, 15) is 9.90 Å². The highest BCUT2D eigenvalue weighted by atomic mass is 16.3. The van der Waals surface area contributed by atoms with Crippen LogP contribution in [0.25, 0.3) is 0 Å². The standard InChI is InChI=1S/C17H26N2O2/c1-4-7-9-15(6-3)17(13-20)19-16(10-8-5-2)11-12-18-14-21/h4-7,9,11-12,14,16-17,19-20H,2-3,8,10,13H2,1H3,(H,18,21)/b7-4-,12-11+,15-9+. The number of hydrogen-bond donors (Lipinski definition) is 3. The molecule has 0 aliphatic heterocycles. The SMILES string of the molecule is C=CCCC(/C=C/NC=O)NC(CO)/C(C=C)=C/C=C\C. The molecule has 3 N–H and O–H groups in total. The molecule has 0 heterocycles. The Hall–Kier alpha value is -1.91. The normalized spacial score (nSPS) is 15.0. The number of amides is 1. The molecule has 0 aliphatic rings. The summed E-state index contributed by atoms with van der Waals surface area (Å²) >= 11 is 0. The zero-order chi connectivity index (χ0) is 15.9. The average molecular weight is 290 g/mol. The van der Waals surface area contributed by atoms with E-state index in [1.165, 1.54) is 0 Å². The van der Waals surface area contributed by atoms with Gasteiger partial charge >= 0.3 is 0 Å². The quantitative estimate of drug-likeness (QED) is 0.293. The van der Waals surface area contributed by atoms with E-state index in [2.05, 4.69) is 23.8 Å². The molecule has 116 valence electrons. The van der Waals surface area contributed by atoms with Crippen molar-refractivity contribution in [3.05, 3.63) is 61.4 Å². The highest BCUT2D eigenvalue weighted by Crippen LogP contribution is 2.08. The van der Waals surface area contributed by atoms with Crippen molar-refractivity contribution in [1.29, 1.82) is 0 Å². The summed E-state index contributed by atoms with van der Waals surface area (Å²) in [5, 5.41) is 15.4. The Kier molecular flexibility index (Phi) is 11.9. The molecule has 0 radical (unpaired) electrons. The van der Waals surface area contributed by atoms with Gasteiger partial charge in [-0.3, -0.25) is 4.79 Å². The van der Waals surface area contributed by atoms with Crippen LogP contribution in [0.5, 0.6) is 0 Å². The van der Waals surface area contributed by atoms with E-state index < -0.39 is 0 Å². The summed E-state index contributed by atoms with van der Waals surface area (Å²) in [7, 11) is 0. The molecule has 0 aromatic carbocycles. The zero-order valence-electron chi connectivity index (χ0n) is 12.7. The van der Waals surface area contributed by atoms with E-state index in [0.29, 0.717) is 6.41 Å². The predicted molar refractivity (Wildman–Crippen MR) is 88.7 cm³/mol. The van der Waals surface area contributed by atoms with Crippen molar-refractivity contribution in [2.24, 2.45) is 0 Å². The smallest absolute Gasteiger partial charge is 0.211 e. The summed E-state index contributed by atoms with van der Waals surface area (Å²) in [5.41, 5.74) is 0.913. The lowest BCUT2D eigenvalue weighted by molar-refractivity contribution is -0.108. The van der Waals surface area contributed by atoms with Gasteiger partial charge in [0.2, 0.25) is 6.41 Å². The third kappa shape index (κ3) is 8.78. The fraction of sp³-hybridized carbons (Fsp3) is 0.353. The van der Waals surface area contributed by atoms with Crippen molar-refractivity contribution in [2.75, 3.05) is 6.61 Å². The molecule has 0 saturated carbocycles. The van der Waals surface area contributed by atoms with Gasteiger partial charge in [0.1, 0.15) is 0 Å². The van der Waals surface area contributed by atoms with Crippen molar-refractivity contribution >= 4 is 6.41 Å². The molecule has 0 rings (SSSR count). The van der Waals surface area contributed by atoms with Crippen LogP contribution in [0.2, 0.25) is 0 Å². The second-order valence-corrected chi connectivity index (χ2v) is 4.41. The first kappa shape index (κ1) is 19.1. The van der Waals surface area contributed by atoms with Crippen LogP contribution in [0.4, 0.5) is 0 Å². The lowest BCUT2D eigenvalue weighted by atomic mass is 10.0. The molecule has 0 aromatic rings. The molecule has 21 heavy (non-hydrogen) atoms. The van der Waals surface area contributed by atoms with Gasteiger partial charge in [0.15, 0.2) is 0 Å². The van der Waals surface area contributed by atoms with Crippen molar-refractivity contribution in [3.63, 3.8) is 0 Å².